The minimum atomic E-state index is -1.18. The molecule has 0 saturated heterocycles. The first-order valence-electron chi connectivity index (χ1n) is 6.57. The predicted molar refractivity (Wildman–Crippen MR) is 81.6 cm³/mol. The number of amides is 1. The molecule has 0 atom stereocenters. The maximum absolute atomic E-state index is 12.4. The molecule has 2 aromatic heterocycles. The fraction of sp³-hybridized carbons (Fsp3) is 0.385. The number of rotatable bonds is 5. The number of hydrogen-bond donors (Lipinski definition) is 1. The number of hydrogen-bond acceptors (Lipinski definition) is 4. The van der Waals surface area contributed by atoms with Crippen molar-refractivity contribution < 1.29 is 14.7 Å². The average Bonchev–Trinajstić information content (AvgIpc) is 3.01. The Kier molecular flexibility index (Phi) is 4.65. The van der Waals surface area contributed by atoms with Crippen LogP contribution in [0.25, 0.3) is 0 Å². The van der Waals surface area contributed by atoms with E-state index in [9.17, 15) is 9.59 Å². The topological polar surface area (TPSA) is 93.2 Å². The first-order valence-corrected chi connectivity index (χ1v) is 7.37. The molecule has 0 fully saturated rings. The third-order valence-electron chi connectivity index (χ3n) is 3.11. The molecule has 0 aliphatic carbocycles. The van der Waals surface area contributed by atoms with Gasteiger partial charge in [0.05, 0.1) is 16.7 Å². The minimum Gasteiger partial charge on any atom is -0.478 e. The zero-order valence-electron chi connectivity index (χ0n) is 12.4. The molecule has 0 aromatic carbocycles. The van der Waals surface area contributed by atoms with Crippen LogP contribution in [0.3, 0.4) is 0 Å². The molecule has 0 spiro atoms. The van der Waals surface area contributed by atoms with Gasteiger partial charge in [0.25, 0.3) is 5.91 Å². The highest BCUT2D eigenvalue weighted by atomic mass is 79.9. The highest BCUT2D eigenvalue weighted by Gasteiger charge is 2.24. The number of carbonyl (C=O) groups excluding carboxylic acids is 1. The number of aromatic nitrogens is 4. The molecule has 9 heteroatoms. The molecule has 2 rings (SSSR count). The zero-order valence-corrected chi connectivity index (χ0v) is 14.0. The van der Waals surface area contributed by atoms with Crippen LogP contribution in [0.4, 0.5) is 0 Å². The highest BCUT2D eigenvalue weighted by molar-refractivity contribution is 9.10. The zero-order chi connectivity index (χ0) is 16.4. The lowest BCUT2D eigenvalue weighted by Gasteiger charge is -2.15. The molecule has 2 aromatic rings. The lowest BCUT2D eigenvalue weighted by atomic mass is 10.2. The fourth-order valence-electron chi connectivity index (χ4n) is 1.99. The molecule has 0 aliphatic rings. The second-order valence-corrected chi connectivity index (χ2v) is 5.67. The molecule has 0 bridgehead atoms. The Balaban J connectivity index is 2.22. The maximum atomic E-state index is 12.4. The standard InChI is InChI=1S/C13H16BrN5O3/c1-4-19-6-9(14)10(15-19)7-17(2)12(20)11-8(13(21)22)5-18(3)16-11/h5-6H,4,7H2,1-3H3,(H,21,22). The molecular weight excluding hydrogens is 354 g/mol. The van der Waals surface area contributed by atoms with Gasteiger partial charge in [-0.05, 0) is 22.9 Å². The molecule has 0 aliphatic heterocycles. The van der Waals surface area contributed by atoms with Gasteiger partial charge in [-0.1, -0.05) is 0 Å². The van der Waals surface area contributed by atoms with E-state index in [-0.39, 0.29) is 17.8 Å². The van der Waals surface area contributed by atoms with E-state index >= 15 is 0 Å². The van der Waals surface area contributed by atoms with Gasteiger partial charge in [0.1, 0.15) is 5.56 Å². The van der Waals surface area contributed by atoms with Crippen molar-refractivity contribution in [1.82, 2.24) is 24.5 Å². The van der Waals surface area contributed by atoms with Gasteiger partial charge in [-0.15, -0.1) is 0 Å². The SMILES string of the molecule is CCn1cc(Br)c(CN(C)C(=O)c2nn(C)cc2C(=O)O)n1. The van der Waals surface area contributed by atoms with Crippen LogP contribution in [0.1, 0.15) is 33.5 Å². The summed E-state index contributed by atoms with van der Waals surface area (Å²) in [5.74, 6) is -1.64. The van der Waals surface area contributed by atoms with Crippen LogP contribution in [0.5, 0.6) is 0 Å². The Labute approximate surface area is 135 Å². The maximum Gasteiger partial charge on any atom is 0.339 e. The third-order valence-corrected chi connectivity index (χ3v) is 3.77. The van der Waals surface area contributed by atoms with E-state index in [0.717, 1.165) is 11.0 Å². The molecule has 22 heavy (non-hydrogen) atoms. The van der Waals surface area contributed by atoms with Crippen LogP contribution in [-0.2, 0) is 20.1 Å². The lowest BCUT2D eigenvalue weighted by molar-refractivity contribution is 0.0679. The largest absolute Gasteiger partial charge is 0.478 e. The predicted octanol–water partition coefficient (Wildman–Crippen LogP) is 1.37. The van der Waals surface area contributed by atoms with Crippen molar-refractivity contribution in [1.29, 1.82) is 0 Å². The summed E-state index contributed by atoms with van der Waals surface area (Å²) in [4.78, 5) is 25.0. The number of carboxylic acid groups (broad SMARTS) is 1. The summed E-state index contributed by atoms with van der Waals surface area (Å²) in [6.45, 7) is 2.94. The van der Waals surface area contributed by atoms with E-state index in [4.69, 9.17) is 5.11 Å². The van der Waals surface area contributed by atoms with E-state index in [1.165, 1.54) is 15.8 Å². The Morgan fingerprint density at radius 1 is 1.36 bits per heavy atom. The van der Waals surface area contributed by atoms with Crippen LogP contribution in [-0.4, -0.2) is 48.5 Å². The molecule has 1 N–H and O–H groups in total. The minimum absolute atomic E-state index is 0.0800. The highest BCUT2D eigenvalue weighted by Crippen LogP contribution is 2.18. The summed E-state index contributed by atoms with van der Waals surface area (Å²) in [5.41, 5.74) is 0.506. The normalized spacial score (nSPS) is 10.7. The smallest absolute Gasteiger partial charge is 0.339 e. The van der Waals surface area contributed by atoms with Crippen molar-refractivity contribution in [3.05, 3.63) is 33.8 Å². The van der Waals surface area contributed by atoms with Crippen LogP contribution in [0, 0.1) is 0 Å². The van der Waals surface area contributed by atoms with Gasteiger partial charge in [-0.25, -0.2) is 4.79 Å². The van der Waals surface area contributed by atoms with Crippen LogP contribution >= 0.6 is 15.9 Å². The number of aryl methyl sites for hydroxylation is 2. The van der Waals surface area contributed by atoms with Crippen molar-refractivity contribution in [2.24, 2.45) is 7.05 Å². The lowest BCUT2D eigenvalue weighted by Crippen LogP contribution is -2.28. The molecule has 2 heterocycles. The number of nitrogens with zero attached hydrogens (tertiary/aromatic N) is 5. The van der Waals surface area contributed by atoms with E-state index in [1.54, 1.807) is 18.8 Å². The first-order chi connectivity index (χ1) is 10.3. The van der Waals surface area contributed by atoms with Gasteiger partial charge in [0.2, 0.25) is 0 Å². The second-order valence-electron chi connectivity index (χ2n) is 4.81. The van der Waals surface area contributed by atoms with Crippen molar-refractivity contribution in [2.45, 2.75) is 20.0 Å². The molecule has 118 valence electrons. The van der Waals surface area contributed by atoms with E-state index in [0.29, 0.717) is 5.69 Å². The van der Waals surface area contributed by atoms with Crippen LogP contribution in [0.15, 0.2) is 16.9 Å². The third kappa shape index (κ3) is 3.19. The molecule has 0 unspecified atom stereocenters. The molecular formula is C13H16BrN5O3. The summed E-state index contributed by atoms with van der Waals surface area (Å²) < 4.78 is 3.86. The van der Waals surface area contributed by atoms with Crippen LogP contribution in [0.2, 0.25) is 0 Å². The Hall–Kier alpha value is -2.16. The molecule has 0 radical (unpaired) electrons. The van der Waals surface area contributed by atoms with E-state index in [1.807, 2.05) is 13.1 Å². The Morgan fingerprint density at radius 2 is 2.05 bits per heavy atom. The summed E-state index contributed by atoms with van der Waals surface area (Å²) in [7, 11) is 3.16. The quantitative estimate of drug-likeness (QED) is 0.858. The van der Waals surface area contributed by atoms with Gasteiger partial charge in [-0.2, -0.15) is 10.2 Å². The summed E-state index contributed by atoms with van der Waals surface area (Å²) in [6.07, 6.45) is 3.14. The summed E-state index contributed by atoms with van der Waals surface area (Å²) >= 11 is 3.40. The molecule has 1 amide bonds. The van der Waals surface area contributed by atoms with Crippen molar-refractivity contribution in [2.75, 3.05) is 7.05 Å². The Bertz CT molecular complexity index is 721. The molecule has 0 saturated carbocycles. The van der Waals surface area contributed by atoms with Crippen molar-refractivity contribution >= 4 is 27.8 Å². The van der Waals surface area contributed by atoms with Crippen LogP contribution < -0.4 is 0 Å². The Morgan fingerprint density at radius 3 is 2.59 bits per heavy atom. The van der Waals surface area contributed by atoms with E-state index < -0.39 is 11.9 Å². The summed E-state index contributed by atoms with van der Waals surface area (Å²) in [6, 6.07) is 0. The second kappa shape index (κ2) is 6.30. The number of carbonyl (C=O) groups is 2. The average molecular weight is 370 g/mol. The van der Waals surface area contributed by atoms with Crippen molar-refractivity contribution in [3.8, 4) is 0 Å². The van der Waals surface area contributed by atoms with Gasteiger partial charge in [-0.3, -0.25) is 14.2 Å². The van der Waals surface area contributed by atoms with Gasteiger partial charge in [0, 0.05) is 33.0 Å². The van der Waals surface area contributed by atoms with Gasteiger partial charge in [0.15, 0.2) is 5.69 Å². The summed E-state index contributed by atoms with van der Waals surface area (Å²) in [5, 5.41) is 17.4. The number of halogens is 1. The number of carboxylic acids is 1. The first kappa shape index (κ1) is 16.2. The van der Waals surface area contributed by atoms with Crippen molar-refractivity contribution in [3.63, 3.8) is 0 Å². The molecule has 8 nitrogen and oxygen atoms in total. The van der Waals surface area contributed by atoms with Gasteiger partial charge < -0.3 is 10.0 Å². The van der Waals surface area contributed by atoms with E-state index in [2.05, 4.69) is 26.1 Å². The van der Waals surface area contributed by atoms with Gasteiger partial charge >= 0.3 is 5.97 Å². The fourth-order valence-corrected chi connectivity index (χ4v) is 2.43. The monoisotopic (exact) mass is 369 g/mol. The number of aromatic carboxylic acids is 1.